The Bertz CT molecular complexity index is 1230. The number of carbonyl (C=O) groups is 1. The summed E-state index contributed by atoms with van der Waals surface area (Å²) in [5.41, 5.74) is -0.0996. The summed E-state index contributed by atoms with van der Waals surface area (Å²) in [6, 6.07) is -1.41. The molecule has 7 heteroatoms. The number of hydrogen-bond donors (Lipinski definition) is 1. The number of H-pyrrole nitrogens is 1. The number of anilines is 1. The minimum Gasteiger partial charge on any atom is -0.354 e. The van der Waals surface area contributed by atoms with E-state index in [2.05, 4.69) is 15.0 Å². The molecule has 2 aromatic rings. The van der Waals surface area contributed by atoms with Crippen LogP contribution in [0.15, 0.2) is 18.6 Å². The number of aromatic amines is 1. The van der Waals surface area contributed by atoms with Crippen LogP contribution in [0, 0.1) is 17.2 Å². The van der Waals surface area contributed by atoms with Crippen LogP contribution in [-0.2, 0) is 4.79 Å². The molecule has 23 heavy (non-hydrogen) atoms. The summed E-state index contributed by atoms with van der Waals surface area (Å²) in [7, 11) is 0. The molecule has 120 valence electrons. The van der Waals surface area contributed by atoms with Crippen molar-refractivity contribution < 1.29 is 22.6 Å². The third-order valence-corrected chi connectivity index (χ3v) is 3.24. The third-order valence-electron chi connectivity index (χ3n) is 3.24. The number of nitriles is 1. The number of rotatable bonds is 3. The van der Waals surface area contributed by atoms with E-state index in [9.17, 15) is 6.17 Å². The Morgan fingerprint density at radius 2 is 2.74 bits per heavy atom. The number of aromatic nitrogens is 3. The molecular weight excluding hydrogens is 292 g/mol. The second-order valence-electron chi connectivity index (χ2n) is 4.61. The number of fused-ring (bicyclic) bond motifs is 1. The fourth-order valence-electron chi connectivity index (χ4n) is 2.14. The molecule has 0 spiro atoms. The molecule has 0 aliphatic carbocycles. The Morgan fingerprint density at radius 3 is 3.52 bits per heavy atom. The van der Waals surface area contributed by atoms with Crippen molar-refractivity contribution >= 4 is 22.8 Å². The number of nitrogens with zero attached hydrogens (tertiary/aromatic N) is 5. The lowest BCUT2D eigenvalue weighted by atomic mass is 9.92. The van der Waals surface area contributed by atoms with Crippen molar-refractivity contribution in [3.63, 3.8) is 0 Å². The van der Waals surface area contributed by atoms with E-state index in [1.807, 2.05) is 0 Å². The lowest BCUT2D eigenvalue weighted by Gasteiger charge is -2.42. The predicted molar refractivity (Wildman–Crippen MR) is 86.7 cm³/mol. The molecular formula is C16H20N6O. The Labute approximate surface area is 153 Å². The van der Waals surface area contributed by atoms with Crippen molar-refractivity contribution in [2.24, 2.45) is 5.89 Å². The number of hydrogen-bond acceptors (Lipinski definition) is 5. The first kappa shape index (κ1) is 6.11. The highest BCUT2D eigenvalue weighted by Gasteiger charge is 2.32. The molecule has 0 radical (unpaired) electrons. The maximum absolute atomic E-state index is 12.8. The van der Waals surface area contributed by atoms with Crippen LogP contribution in [0.1, 0.15) is 37.5 Å². The minimum atomic E-state index is -3.71. The second-order valence-corrected chi connectivity index (χ2v) is 4.61. The van der Waals surface area contributed by atoms with Crippen molar-refractivity contribution in [2.45, 2.75) is 25.7 Å². The monoisotopic (exact) mass is 325 g/mol. The highest BCUT2D eigenvalue weighted by Crippen LogP contribution is 2.28. The van der Waals surface area contributed by atoms with Gasteiger partial charge in [0.05, 0.1) is 24.3 Å². The van der Waals surface area contributed by atoms with Crippen LogP contribution in [-0.4, -0.2) is 51.8 Å². The Balaban J connectivity index is 2.45. The molecule has 0 unspecified atom stereocenters. The van der Waals surface area contributed by atoms with Crippen LogP contribution < -0.4 is 4.90 Å². The van der Waals surface area contributed by atoms with Crippen molar-refractivity contribution in [3.05, 3.63) is 18.6 Å². The van der Waals surface area contributed by atoms with Gasteiger partial charge in [-0.1, -0.05) is 6.85 Å². The Hall–Kier alpha value is -2.62. The summed E-state index contributed by atoms with van der Waals surface area (Å²) in [6.45, 7) is -11.7. The van der Waals surface area contributed by atoms with Gasteiger partial charge in [0.15, 0.2) is 0 Å². The fraction of sp³-hybridized carbons (Fsp3) is 0.500. The average Bonchev–Trinajstić information content (AvgIpc) is 3.18. The second kappa shape index (κ2) is 6.24. The predicted octanol–water partition coefficient (Wildman–Crippen LogP) is 1.54. The van der Waals surface area contributed by atoms with E-state index in [0.29, 0.717) is 0 Å². The van der Waals surface area contributed by atoms with E-state index < -0.39 is 69.6 Å². The van der Waals surface area contributed by atoms with Gasteiger partial charge in [-0.3, -0.25) is 4.79 Å². The zero-order valence-electron chi connectivity index (χ0n) is 24.7. The summed E-state index contributed by atoms with van der Waals surface area (Å²) in [4.78, 5) is 22.9. The quantitative estimate of drug-likeness (QED) is 0.925. The summed E-state index contributed by atoms with van der Waals surface area (Å²) in [6.07, 6.45) is -3.78. The van der Waals surface area contributed by atoms with Crippen LogP contribution in [0.2, 0.25) is 0 Å². The first-order chi connectivity index (χ1) is 16.2. The zero-order valence-corrected chi connectivity index (χ0v) is 11.7. The fourth-order valence-corrected chi connectivity index (χ4v) is 2.14. The van der Waals surface area contributed by atoms with E-state index in [4.69, 9.17) is 21.7 Å². The average molecular weight is 325 g/mol. The summed E-state index contributed by atoms with van der Waals surface area (Å²) in [5.74, 6) is -5.78. The van der Waals surface area contributed by atoms with Gasteiger partial charge in [0.2, 0.25) is 5.91 Å². The Morgan fingerprint density at radius 1 is 1.83 bits per heavy atom. The molecule has 1 aliphatic rings. The zero-order chi connectivity index (χ0) is 27.7. The van der Waals surface area contributed by atoms with Crippen LogP contribution in [0.3, 0.4) is 0 Å². The normalized spacial score (nSPS) is 39.8. The summed E-state index contributed by atoms with van der Waals surface area (Å²) < 4.78 is 107. The van der Waals surface area contributed by atoms with Gasteiger partial charge in [-0.05, 0) is 18.4 Å². The van der Waals surface area contributed by atoms with E-state index in [1.54, 1.807) is 0 Å². The molecule has 7 nitrogen and oxygen atoms in total. The van der Waals surface area contributed by atoms with Crippen molar-refractivity contribution in [1.82, 2.24) is 19.9 Å². The third kappa shape index (κ3) is 2.84. The molecule has 2 atom stereocenters. The van der Waals surface area contributed by atoms with Gasteiger partial charge >= 0.3 is 0 Å². The Kier molecular flexibility index (Phi) is 1.66. The molecule has 1 amide bonds. The van der Waals surface area contributed by atoms with Crippen molar-refractivity contribution in [3.8, 4) is 6.07 Å². The summed E-state index contributed by atoms with van der Waals surface area (Å²) in [5, 5.41) is 8.91. The van der Waals surface area contributed by atoms with Gasteiger partial charge < -0.3 is 14.8 Å². The molecule has 1 aliphatic heterocycles. The number of likely N-dealkylation sites (N-methyl/N-ethyl adjacent to an activating group) is 1. The largest absolute Gasteiger partial charge is 0.354 e. The molecule has 1 fully saturated rings. The molecule has 0 aromatic carbocycles. The number of piperidine rings is 1. The standard InChI is InChI=1S/C16H20N6O/c1-11-5-8-22(14(23)3-6-17)9-13(11)21(2)16-12-4-7-18-15(12)19-10-20-16/h4,7,10-11,13H,3,5,8-9H2,1-2H3,(H,18,19,20)/t11-,13+/m1/s1/i1D3,2D3,3D2,9D2,10D,11D,13D. The van der Waals surface area contributed by atoms with Gasteiger partial charge in [-0.15, -0.1) is 0 Å². The number of amides is 1. The highest BCUT2D eigenvalue weighted by molar-refractivity contribution is 5.87. The van der Waals surface area contributed by atoms with Gasteiger partial charge in [-0.25, -0.2) is 9.97 Å². The lowest BCUT2D eigenvalue weighted by molar-refractivity contribution is -0.131. The van der Waals surface area contributed by atoms with Crippen molar-refractivity contribution in [2.75, 3.05) is 24.9 Å². The molecule has 1 N–H and O–H groups in total. The topological polar surface area (TPSA) is 88.9 Å². The lowest BCUT2D eigenvalue weighted by Crippen LogP contribution is -2.52. The molecule has 2 aromatic heterocycles. The number of nitrogens with one attached hydrogen (secondary N) is 1. The molecule has 3 rings (SSSR count). The van der Waals surface area contributed by atoms with Crippen LogP contribution in [0.5, 0.6) is 0 Å². The molecule has 0 saturated carbocycles. The van der Waals surface area contributed by atoms with Crippen molar-refractivity contribution in [1.29, 1.82) is 5.26 Å². The summed E-state index contributed by atoms with van der Waals surface area (Å²) >= 11 is 0. The molecule has 1 saturated heterocycles. The smallest absolute Gasteiger partial charge is 0.236 e. The van der Waals surface area contributed by atoms with Gasteiger partial charge in [-0.2, -0.15) is 5.26 Å². The maximum atomic E-state index is 12.8. The molecule has 0 bridgehead atoms. The SMILES string of the molecule is [2H]c1nc(N(C([2H])([2H])[2H])[C@@]2([2H])C([2H])([2H])N(C(=O)C([2H])([2H])C#N)CC[C@@]2([2H])C([2H])([2H])[2H])c2cc[nH]c2n1. The number of likely N-dealkylation sites (tertiary alicyclic amines) is 1. The molecule has 3 heterocycles. The van der Waals surface area contributed by atoms with Gasteiger partial charge in [0.25, 0.3) is 0 Å². The van der Waals surface area contributed by atoms with E-state index in [0.717, 1.165) is 6.07 Å². The minimum absolute atomic E-state index is 0.0450. The van der Waals surface area contributed by atoms with Crippen LogP contribution >= 0.6 is 0 Å². The van der Waals surface area contributed by atoms with E-state index in [1.165, 1.54) is 12.3 Å². The van der Waals surface area contributed by atoms with E-state index in [-0.39, 0.29) is 20.8 Å². The first-order valence-corrected chi connectivity index (χ1v) is 6.52. The van der Waals surface area contributed by atoms with Gasteiger partial charge in [0.1, 0.15) is 25.5 Å². The van der Waals surface area contributed by atoms with E-state index >= 15 is 0 Å². The first-order valence-electron chi connectivity index (χ1n) is 13.0. The van der Waals surface area contributed by atoms with Crippen LogP contribution in [0.25, 0.3) is 11.0 Å². The number of carbonyl (C=O) groups excluding carboxylic acids is 1. The highest BCUT2D eigenvalue weighted by atomic mass is 16.2. The van der Waals surface area contributed by atoms with Gasteiger partial charge in [0, 0.05) is 35.8 Å². The van der Waals surface area contributed by atoms with Crippen LogP contribution in [0.4, 0.5) is 5.82 Å². The maximum Gasteiger partial charge on any atom is 0.236 e.